The monoisotopic (exact) mass is 313 g/mol. The lowest BCUT2D eigenvalue weighted by atomic mass is 10.2. The van der Waals surface area contributed by atoms with E-state index in [9.17, 15) is 4.79 Å². The minimum Gasteiger partial charge on any atom is -0.337 e. The molecule has 1 fully saturated rings. The van der Waals surface area contributed by atoms with Gasteiger partial charge in [0.1, 0.15) is 0 Å². The molecule has 2 heterocycles. The normalized spacial score (nSPS) is 14.6. The van der Waals surface area contributed by atoms with E-state index in [0.29, 0.717) is 38.7 Å². The van der Waals surface area contributed by atoms with E-state index in [1.165, 1.54) is 0 Å². The van der Waals surface area contributed by atoms with Crippen LogP contribution in [0, 0.1) is 0 Å². The Hall–Kier alpha value is -2.67. The first-order chi connectivity index (χ1) is 11.3. The Labute approximate surface area is 134 Å². The van der Waals surface area contributed by atoms with Crippen LogP contribution in [-0.4, -0.2) is 47.1 Å². The van der Waals surface area contributed by atoms with Crippen molar-refractivity contribution in [3.05, 3.63) is 54.4 Å². The van der Waals surface area contributed by atoms with Gasteiger partial charge in [-0.05, 0) is 11.6 Å². The van der Waals surface area contributed by atoms with Crippen molar-refractivity contribution >= 4 is 12.0 Å². The van der Waals surface area contributed by atoms with E-state index in [-0.39, 0.29) is 6.03 Å². The zero-order valence-corrected chi connectivity index (χ0v) is 12.8. The van der Waals surface area contributed by atoms with Gasteiger partial charge in [0.15, 0.2) is 0 Å². The third-order valence-electron chi connectivity index (χ3n) is 3.64. The average molecular weight is 313 g/mol. The molecule has 120 valence electrons. The first kappa shape index (κ1) is 15.2. The summed E-state index contributed by atoms with van der Waals surface area (Å²) in [5, 5.41) is 0. The number of anilines is 1. The van der Waals surface area contributed by atoms with Crippen molar-refractivity contribution in [1.82, 2.24) is 20.3 Å². The SMILES string of the molecule is O=C(NOCc1ccccc1)N1CCN(c2ncccn2)CC1. The van der Waals surface area contributed by atoms with E-state index in [1.807, 2.05) is 30.3 Å². The highest BCUT2D eigenvalue weighted by Gasteiger charge is 2.22. The summed E-state index contributed by atoms with van der Waals surface area (Å²) < 4.78 is 0. The van der Waals surface area contributed by atoms with Crippen molar-refractivity contribution in [2.45, 2.75) is 6.61 Å². The van der Waals surface area contributed by atoms with Gasteiger partial charge in [0.05, 0.1) is 6.61 Å². The van der Waals surface area contributed by atoms with Crippen LogP contribution in [0.4, 0.5) is 10.7 Å². The Morgan fingerprint density at radius 1 is 1.04 bits per heavy atom. The third kappa shape index (κ3) is 4.17. The minimum absolute atomic E-state index is 0.213. The molecule has 0 atom stereocenters. The first-order valence-electron chi connectivity index (χ1n) is 7.55. The van der Waals surface area contributed by atoms with Gasteiger partial charge in [-0.3, -0.25) is 4.84 Å². The van der Waals surface area contributed by atoms with E-state index >= 15 is 0 Å². The third-order valence-corrected chi connectivity index (χ3v) is 3.64. The van der Waals surface area contributed by atoms with Crippen molar-refractivity contribution in [1.29, 1.82) is 0 Å². The van der Waals surface area contributed by atoms with Gasteiger partial charge >= 0.3 is 6.03 Å². The molecule has 0 spiro atoms. The summed E-state index contributed by atoms with van der Waals surface area (Å²) >= 11 is 0. The molecule has 0 radical (unpaired) electrons. The van der Waals surface area contributed by atoms with Gasteiger partial charge in [-0.1, -0.05) is 30.3 Å². The molecule has 7 heteroatoms. The minimum atomic E-state index is -0.213. The molecule has 23 heavy (non-hydrogen) atoms. The second-order valence-electron chi connectivity index (χ2n) is 5.20. The molecule has 2 aromatic rings. The molecule has 1 aromatic heterocycles. The fourth-order valence-electron chi connectivity index (χ4n) is 2.38. The summed E-state index contributed by atoms with van der Waals surface area (Å²) in [5.74, 6) is 0.702. The van der Waals surface area contributed by atoms with Crippen LogP contribution in [0.5, 0.6) is 0 Å². The Morgan fingerprint density at radius 3 is 2.43 bits per heavy atom. The maximum atomic E-state index is 12.1. The lowest BCUT2D eigenvalue weighted by molar-refractivity contribution is 0.0359. The number of nitrogens with zero attached hydrogens (tertiary/aromatic N) is 4. The molecule has 2 amide bonds. The number of carbonyl (C=O) groups is 1. The molecule has 7 nitrogen and oxygen atoms in total. The van der Waals surface area contributed by atoms with Crippen LogP contribution in [-0.2, 0) is 11.4 Å². The van der Waals surface area contributed by atoms with Gasteiger partial charge in [0.25, 0.3) is 0 Å². The van der Waals surface area contributed by atoms with E-state index < -0.39 is 0 Å². The topological polar surface area (TPSA) is 70.6 Å². The van der Waals surface area contributed by atoms with Gasteiger partial charge in [0, 0.05) is 38.6 Å². The second kappa shape index (κ2) is 7.55. The molecule has 0 saturated carbocycles. The van der Waals surface area contributed by atoms with Crippen LogP contribution < -0.4 is 10.4 Å². The van der Waals surface area contributed by atoms with Crippen LogP contribution in [0.15, 0.2) is 48.8 Å². The molecule has 1 aromatic carbocycles. The summed E-state index contributed by atoms with van der Waals surface area (Å²) in [6.45, 7) is 2.98. The largest absolute Gasteiger partial charge is 0.341 e. The van der Waals surface area contributed by atoms with E-state index in [2.05, 4.69) is 20.3 Å². The van der Waals surface area contributed by atoms with Crippen molar-refractivity contribution in [2.24, 2.45) is 0 Å². The summed E-state index contributed by atoms with van der Waals surface area (Å²) in [4.78, 5) is 29.6. The van der Waals surface area contributed by atoms with E-state index in [1.54, 1.807) is 23.4 Å². The molecule has 3 rings (SSSR count). The van der Waals surface area contributed by atoms with Crippen LogP contribution in [0.2, 0.25) is 0 Å². The molecule has 0 unspecified atom stereocenters. The van der Waals surface area contributed by atoms with Crippen LogP contribution in [0.3, 0.4) is 0 Å². The highest BCUT2D eigenvalue weighted by molar-refractivity contribution is 5.73. The highest BCUT2D eigenvalue weighted by atomic mass is 16.7. The van der Waals surface area contributed by atoms with Gasteiger partial charge < -0.3 is 9.80 Å². The molecule has 1 aliphatic rings. The second-order valence-corrected chi connectivity index (χ2v) is 5.20. The Kier molecular flexibility index (Phi) is 5.00. The molecule has 1 aliphatic heterocycles. The zero-order chi connectivity index (χ0) is 15.9. The number of rotatable bonds is 4. The van der Waals surface area contributed by atoms with Gasteiger partial charge in [0.2, 0.25) is 5.95 Å². The number of amides is 2. The number of benzene rings is 1. The Bertz CT molecular complexity index is 615. The number of urea groups is 1. The maximum Gasteiger partial charge on any atom is 0.341 e. The first-order valence-corrected chi connectivity index (χ1v) is 7.55. The quantitative estimate of drug-likeness (QED) is 0.865. The summed E-state index contributed by atoms with van der Waals surface area (Å²) in [6, 6.07) is 11.3. The van der Waals surface area contributed by atoms with Gasteiger partial charge in [-0.2, -0.15) is 0 Å². The molecule has 1 saturated heterocycles. The van der Waals surface area contributed by atoms with Crippen LogP contribution in [0.1, 0.15) is 5.56 Å². The fourth-order valence-corrected chi connectivity index (χ4v) is 2.38. The number of hydrogen-bond acceptors (Lipinski definition) is 5. The molecule has 0 bridgehead atoms. The molecule has 1 N–H and O–H groups in total. The standard InChI is InChI=1S/C16H19N5O2/c22-16(19-23-13-14-5-2-1-3-6-14)21-11-9-20(10-12-21)15-17-7-4-8-18-15/h1-8H,9-13H2,(H,19,22). The predicted molar refractivity (Wildman–Crippen MR) is 85.6 cm³/mol. The zero-order valence-electron chi connectivity index (χ0n) is 12.8. The Balaban J connectivity index is 1.41. The number of carbonyl (C=O) groups excluding carboxylic acids is 1. The average Bonchev–Trinajstić information content (AvgIpc) is 2.63. The van der Waals surface area contributed by atoms with Gasteiger partial charge in [-0.25, -0.2) is 20.2 Å². The molecular formula is C16H19N5O2. The fraction of sp³-hybridized carbons (Fsp3) is 0.312. The molecule has 0 aliphatic carbocycles. The summed E-state index contributed by atoms with van der Waals surface area (Å²) in [5.41, 5.74) is 3.51. The summed E-state index contributed by atoms with van der Waals surface area (Å²) in [7, 11) is 0. The number of nitrogens with one attached hydrogen (secondary N) is 1. The van der Waals surface area contributed by atoms with E-state index in [0.717, 1.165) is 5.56 Å². The van der Waals surface area contributed by atoms with Crippen molar-refractivity contribution in [2.75, 3.05) is 31.1 Å². The van der Waals surface area contributed by atoms with Crippen LogP contribution >= 0.6 is 0 Å². The van der Waals surface area contributed by atoms with Crippen molar-refractivity contribution < 1.29 is 9.63 Å². The summed E-state index contributed by atoms with van der Waals surface area (Å²) in [6.07, 6.45) is 3.44. The number of aromatic nitrogens is 2. The highest BCUT2D eigenvalue weighted by Crippen LogP contribution is 2.09. The van der Waals surface area contributed by atoms with Crippen molar-refractivity contribution in [3.8, 4) is 0 Å². The number of piperazine rings is 1. The maximum absolute atomic E-state index is 12.1. The molecular weight excluding hydrogens is 294 g/mol. The Morgan fingerprint density at radius 2 is 1.74 bits per heavy atom. The lowest BCUT2D eigenvalue weighted by Crippen LogP contribution is -2.52. The lowest BCUT2D eigenvalue weighted by Gasteiger charge is -2.34. The van der Waals surface area contributed by atoms with Gasteiger partial charge in [-0.15, -0.1) is 0 Å². The van der Waals surface area contributed by atoms with Crippen LogP contribution in [0.25, 0.3) is 0 Å². The number of hydroxylamine groups is 1. The number of hydrogen-bond donors (Lipinski definition) is 1. The predicted octanol–water partition coefficient (Wildman–Crippen LogP) is 1.44. The smallest absolute Gasteiger partial charge is 0.337 e. The van der Waals surface area contributed by atoms with E-state index in [4.69, 9.17) is 4.84 Å². The van der Waals surface area contributed by atoms with Crippen molar-refractivity contribution in [3.63, 3.8) is 0 Å².